The van der Waals surface area contributed by atoms with E-state index in [1.54, 1.807) is 7.11 Å². The molecule has 2 heterocycles. The molecule has 0 aliphatic carbocycles. The van der Waals surface area contributed by atoms with Crippen molar-refractivity contribution in [1.82, 2.24) is 14.9 Å². The SMILES string of the molecule is COc1ccc(-c2nc(Cc3ccccc3)nc3c2CCN(Cc2ccccc2)C3)cc1. The van der Waals surface area contributed by atoms with E-state index in [2.05, 4.69) is 71.6 Å². The minimum Gasteiger partial charge on any atom is -0.497 e. The number of aromatic nitrogens is 2. The van der Waals surface area contributed by atoms with E-state index in [0.29, 0.717) is 0 Å². The van der Waals surface area contributed by atoms with E-state index in [1.165, 1.54) is 16.7 Å². The highest BCUT2D eigenvalue weighted by atomic mass is 16.5. The molecule has 3 aromatic carbocycles. The van der Waals surface area contributed by atoms with Crippen molar-refractivity contribution in [2.75, 3.05) is 13.7 Å². The maximum absolute atomic E-state index is 5.35. The molecule has 32 heavy (non-hydrogen) atoms. The number of fused-ring (bicyclic) bond motifs is 1. The molecule has 1 aromatic heterocycles. The van der Waals surface area contributed by atoms with E-state index >= 15 is 0 Å². The molecule has 0 saturated heterocycles. The van der Waals surface area contributed by atoms with Gasteiger partial charge in [-0.15, -0.1) is 0 Å². The second-order valence-electron chi connectivity index (χ2n) is 8.25. The molecule has 0 spiro atoms. The van der Waals surface area contributed by atoms with Crippen LogP contribution < -0.4 is 4.74 Å². The summed E-state index contributed by atoms with van der Waals surface area (Å²) in [5.74, 6) is 1.73. The molecule has 0 radical (unpaired) electrons. The van der Waals surface area contributed by atoms with Gasteiger partial charge in [0.15, 0.2) is 0 Å². The van der Waals surface area contributed by atoms with Crippen LogP contribution >= 0.6 is 0 Å². The third-order valence-corrected chi connectivity index (χ3v) is 6.01. The van der Waals surface area contributed by atoms with Gasteiger partial charge in [-0.2, -0.15) is 0 Å². The summed E-state index contributed by atoms with van der Waals surface area (Å²) in [5, 5.41) is 0. The molecule has 1 aliphatic heterocycles. The van der Waals surface area contributed by atoms with Crippen molar-refractivity contribution in [2.45, 2.75) is 25.9 Å². The van der Waals surface area contributed by atoms with Gasteiger partial charge in [-0.3, -0.25) is 4.90 Å². The van der Waals surface area contributed by atoms with Gasteiger partial charge in [-0.05, 0) is 41.8 Å². The Morgan fingerprint density at radius 3 is 2.19 bits per heavy atom. The van der Waals surface area contributed by atoms with E-state index in [1.807, 2.05) is 18.2 Å². The number of nitrogens with zero attached hydrogens (tertiary/aromatic N) is 3. The van der Waals surface area contributed by atoms with Crippen molar-refractivity contribution < 1.29 is 4.74 Å². The molecule has 0 saturated carbocycles. The fourth-order valence-corrected chi connectivity index (χ4v) is 4.36. The third kappa shape index (κ3) is 4.56. The lowest BCUT2D eigenvalue weighted by molar-refractivity contribution is 0.241. The van der Waals surface area contributed by atoms with Crippen LogP contribution in [-0.2, 0) is 25.9 Å². The fraction of sp³-hybridized carbons (Fsp3) is 0.214. The monoisotopic (exact) mass is 421 g/mol. The van der Waals surface area contributed by atoms with Gasteiger partial charge in [0.25, 0.3) is 0 Å². The Kier molecular flexibility index (Phi) is 5.95. The minimum absolute atomic E-state index is 0.732. The van der Waals surface area contributed by atoms with Crippen LogP contribution in [0.3, 0.4) is 0 Å². The van der Waals surface area contributed by atoms with Crippen LogP contribution in [0.4, 0.5) is 0 Å². The van der Waals surface area contributed by atoms with E-state index in [0.717, 1.165) is 61.0 Å². The first-order valence-corrected chi connectivity index (χ1v) is 11.1. The lowest BCUT2D eigenvalue weighted by atomic mass is 9.97. The van der Waals surface area contributed by atoms with Gasteiger partial charge in [0.1, 0.15) is 11.6 Å². The Bertz CT molecular complexity index is 1170. The first kappa shape index (κ1) is 20.4. The topological polar surface area (TPSA) is 38.3 Å². The third-order valence-electron chi connectivity index (χ3n) is 6.01. The van der Waals surface area contributed by atoms with Crippen molar-refractivity contribution in [2.24, 2.45) is 0 Å². The van der Waals surface area contributed by atoms with E-state index in [9.17, 15) is 0 Å². The molecule has 0 unspecified atom stereocenters. The highest BCUT2D eigenvalue weighted by Gasteiger charge is 2.23. The summed E-state index contributed by atoms with van der Waals surface area (Å²) in [6, 6.07) is 29.3. The summed E-state index contributed by atoms with van der Waals surface area (Å²) < 4.78 is 5.35. The normalized spacial score (nSPS) is 13.5. The maximum atomic E-state index is 5.35. The summed E-state index contributed by atoms with van der Waals surface area (Å²) in [6.07, 6.45) is 1.69. The van der Waals surface area contributed by atoms with Crippen molar-refractivity contribution in [3.63, 3.8) is 0 Å². The Balaban J connectivity index is 1.50. The molecule has 0 fully saturated rings. The summed E-state index contributed by atoms with van der Waals surface area (Å²) in [7, 11) is 1.70. The summed E-state index contributed by atoms with van der Waals surface area (Å²) in [4.78, 5) is 12.6. The smallest absolute Gasteiger partial charge is 0.133 e. The number of hydrogen-bond acceptors (Lipinski definition) is 4. The number of benzene rings is 3. The number of rotatable bonds is 6. The molecule has 0 amide bonds. The average molecular weight is 422 g/mol. The molecule has 0 N–H and O–H groups in total. The van der Waals surface area contributed by atoms with E-state index in [4.69, 9.17) is 14.7 Å². The summed E-state index contributed by atoms with van der Waals surface area (Å²) >= 11 is 0. The molecule has 0 bridgehead atoms. The first-order valence-electron chi connectivity index (χ1n) is 11.1. The Morgan fingerprint density at radius 2 is 1.50 bits per heavy atom. The predicted molar refractivity (Wildman–Crippen MR) is 128 cm³/mol. The average Bonchev–Trinajstić information content (AvgIpc) is 2.85. The molecule has 5 rings (SSSR count). The van der Waals surface area contributed by atoms with Gasteiger partial charge in [0.2, 0.25) is 0 Å². The zero-order valence-electron chi connectivity index (χ0n) is 18.4. The van der Waals surface area contributed by atoms with Crippen molar-refractivity contribution >= 4 is 0 Å². The van der Waals surface area contributed by atoms with Crippen LogP contribution in [-0.4, -0.2) is 28.5 Å². The van der Waals surface area contributed by atoms with Gasteiger partial charge in [0, 0.05) is 37.2 Å². The van der Waals surface area contributed by atoms with Crippen molar-refractivity contribution in [1.29, 1.82) is 0 Å². The number of methoxy groups -OCH3 is 1. The second kappa shape index (κ2) is 9.33. The molecule has 160 valence electrons. The minimum atomic E-state index is 0.732. The molecule has 4 aromatic rings. The lowest BCUT2D eigenvalue weighted by Gasteiger charge is -2.29. The van der Waals surface area contributed by atoms with Crippen LogP contribution in [0.2, 0.25) is 0 Å². The van der Waals surface area contributed by atoms with Gasteiger partial charge in [-0.25, -0.2) is 9.97 Å². The predicted octanol–water partition coefficient (Wildman–Crippen LogP) is 5.30. The molecule has 4 nitrogen and oxygen atoms in total. The van der Waals surface area contributed by atoms with Gasteiger partial charge >= 0.3 is 0 Å². The highest BCUT2D eigenvalue weighted by Crippen LogP contribution is 2.30. The van der Waals surface area contributed by atoms with Gasteiger partial charge < -0.3 is 4.74 Å². The van der Waals surface area contributed by atoms with Crippen molar-refractivity contribution in [3.05, 3.63) is 113 Å². The zero-order chi connectivity index (χ0) is 21.8. The zero-order valence-corrected chi connectivity index (χ0v) is 18.4. The molecular weight excluding hydrogens is 394 g/mol. The van der Waals surface area contributed by atoms with Gasteiger partial charge in [-0.1, -0.05) is 60.7 Å². The molecule has 4 heteroatoms. The van der Waals surface area contributed by atoms with Gasteiger partial charge in [0.05, 0.1) is 18.5 Å². The largest absolute Gasteiger partial charge is 0.497 e. The second-order valence-corrected chi connectivity index (χ2v) is 8.25. The lowest BCUT2D eigenvalue weighted by Crippen LogP contribution is -2.31. The standard InChI is InChI=1S/C28H27N3O/c1-32-24-14-12-23(13-15-24)28-25-16-17-31(19-22-10-6-3-7-11-22)20-26(25)29-27(30-28)18-21-8-4-2-5-9-21/h2-15H,16-20H2,1H3. The highest BCUT2D eigenvalue weighted by molar-refractivity contribution is 5.65. The Hall–Kier alpha value is -3.50. The van der Waals surface area contributed by atoms with Crippen LogP contribution in [0, 0.1) is 0 Å². The Morgan fingerprint density at radius 1 is 0.812 bits per heavy atom. The maximum Gasteiger partial charge on any atom is 0.133 e. The van der Waals surface area contributed by atoms with Crippen LogP contribution in [0.1, 0.15) is 28.2 Å². The summed E-state index contributed by atoms with van der Waals surface area (Å²) in [5.41, 5.74) is 7.17. The molecule has 0 atom stereocenters. The fourth-order valence-electron chi connectivity index (χ4n) is 4.36. The molecular formula is C28H27N3O. The van der Waals surface area contributed by atoms with E-state index in [-0.39, 0.29) is 0 Å². The number of hydrogen-bond donors (Lipinski definition) is 0. The van der Waals surface area contributed by atoms with E-state index < -0.39 is 0 Å². The van der Waals surface area contributed by atoms with Crippen LogP contribution in [0.5, 0.6) is 5.75 Å². The molecule has 1 aliphatic rings. The first-order chi connectivity index (χ1) is 15.8. The quantitative estimate of drug-likeness (QED) is 0.423. The Labute approximate surface area is 189 Å². The number of ether oxygens (including phenoxy) is 1. The van der Waals surface area contributed by atoms with Crippen LogP contribution in [0.25, 0.3) is 11.3 Å². The van der Waals surface area contributed by atoms with Crippen molar-refractivity contribution in [3.8, 4) is 17.0 Å². The van der Waals surface area contributed by atoms with Crippen LogP contribution in [0.15, 0.2) is 84.9 Å². The summed E-state index contributed by atoms with van der Waals surface area (Å²) in [6.45, 7) is 2.79.